The molecule has 0 atom stereocenters. The highest BCUT2D eigenvalue weighted by molar-refractivity contribution is 9.10. The Bertz CT molecular complexity index is 640. The van der Waals surface area contributed by atoms with E-state index in [2.05, 4.69) is 45.3 Å². The zero-order valence-electron chi connectivity index (χ0n) is 13.0. The van der Waals surface area contributed by atoms with Crippen LogP contribution in [0.3, 0.4) is 0 Å². The van der Waals surface area contributed by atoms with E-state index >= 15 is 0 Å². The molecule has 1 aromatic carbocycles. The highest BCUT2D eigenvalue weighted by Gasteiger charge is 2.04. The summed E-state index contributed by atoms with van der Waals surface area (Å²) in [6.07, 6.45) is 2.79. The van der Waals surface area contributed by atoms with Gasteiger partial charge >= 0.3 is 0 Å². The van der Waals surface area contributed by atoms with Crippen LogP contribution in [-0.4, -0.2) is 17.8 Å². The standard InChI is InChI=1S/C16H20BrN3OS/c1-11(2)6-7-21-15-5-4-14(17)8-13(15)9-18-20-16-19-12(3)10-22-16/h4-5,8-11H,6-7H2,1-3H3,(H,19,20). The quantitative estimate of drug-likeness (QED) is 0.536. The molecule has 0 saturated carbocycles. The average molecular weight is 382 g/mol. The van der Waals surface area contributed by atoms with Gasteiger partial charge in [0.2, 0.25) is 5.13 Å². The van der Waals surface area contributed by atoms with Crippen LogP contribution in [0.5, 0.6) is 5.75 Å². The summed E-state index contributed by atoms with van der Waals surface area (Å²) in [5.41, 5.74) is 4.86. The van der Waals surface area contributed by atoms with Crippen molar-refractivity contribution in [3.05, 3.63) is 39.3 Å². The zero-order chi connectivity index (χ0) is 15.9. The second kappa shape index (κ2) is 8.29. The number of hydrogen-bond donors (Lipinski definition) is 1. The van der Waals surface area contributed by atoms with Crippen molar-refractivity contribution in [3.63, 3.8) is 0 Å². The van der Waals surface area contributed by atoms with Gasteiger partial charge < -0.3 is 4.74 Å². The number of halogens is 1. The van der Waals surface area contributed by atoms with Crippen molar-refractivity contribution in [2.45, 2.75) is 27.2 Å². The highest BCUT2D eigenvalue weighted by atomic mass is 79.9. The first-order chi connectivity index (χ1) is 10.5. The summed E-state index contributed by atoms with van der Waals surface area (Å²) < 4.78 is 6.85. The molecular formula is C16H20BrN3OS. The monoisotopic (exact) mass is 381 g/mol. The predicted molar refractivity (Wildman–Crippen MR) is 97.2 cm³/mol. The number of rotatable bonds is 7. The van der Waals surface area contributed by atoms with Gasteiger partial charge in [0.25, 0.3) is 0 Å². The summed E-state index contributed by atoms with van der Waals surface area (Å²) in [5, 5.41) is 7.01. The number of ether oxygens (including phenoxy) is 1. The van der Waals surface area contributed by atoms with E-state index in [-0.39, 0.29) is 0 Å². The Balaban J connectivity index is 2.02. The first kappa shape index (κ1) is 17.0. The van der Waals surface area contributed by atoms with E-state index in [0.717, 1.165) is 33.0 Å². The maximum atomic E-state index is 5.86. The Morgan fingerprint density at radius 2 is 2.27 bits per heavy atom. The number of hydrogen-bond acceptors (Lipinski definition) is 5. The van der Waals surface area contributed by atoms with Gasteiger partial charge in [-0.15, -0.1) is 11.3 Å². The molecule has 0 unspecified atom stereocenters. The van der Waals surface area contributed by atoms with Gasteiger partial charge in [0, 0.05) is 15.4 Å². The lowest BCUT2D eigenvalue weighted by Gasteiger charge is -2.10. The fourth-order valence-electron chi connectivity index (χ4n) is 1.72. The van der Waals surface area contributed by atoms with Crippen molar-refractivity contribution in [1.82, 2.24) is 4.98 Å². The number of nitrogens with zero attached hydrogens (tertiary/aromatic N) is 2. The molecule has 0 bridgehead atoms. The highest BCUT2D eigenvalue weighted by Crippen LogP contribution is 2.22. The SMILES string of the molecule is Cc1csc(NN=Cc2cc(Br)ccc2OCCC(C)C)n1. The maximum absolute atomic E-state index is 5.86. The minimum Gasteiger partial charge on any atom is -0.493 e. The summed E-state index contributed by atoms with van der Waals surface area (Å²) in [7, 11) is 0. The van der Waals surface area contributed by atoms with Crippen molar-refractivity contribution in [3.8, 4) is 5.75 Å². The minimum atomic E-state index is 0.627. The van der Waals surface area contributed by atoms with Gasteiger partial charge in [-0.05, 0) is 37.5 Å². The Labute approximate surface area is 143 Å². The number of anilines is 1. The number of hydrazone groups is 1. The number of nitrogens with one attached hydrogen (secondary N) is 1. The molecular weight excluding hydrogens is 362 g/mol. The van der Waals surface area contributed by atoms with Crippen LogP contribution in [0.2, 0.25) is 0 Å². The van der Waals surface area contributed by atoms with Crippen molar-refractivity contribution in [2.24, 2.45) is 11.0 Å². The summed E-state index contributed by atoms with van der Waals surface area (Å²) in [6, 6.07) is 5.92. The normalized spacial score (nSPS) is 11.3. The average Bonchev–Trinajstić information content (AvgIpc) is 2.86. The lowest BCUT2D eigenvalue weighted by Crippen LogP contribution is -2.03. The number of thiazole rings is 1. The Kier molecular flexibility index (Phi) is 6.39. The van der Waals surface area contributed by atoms with Gasteiger partial charge in [-0.2, -0.15) is 5.10 Å². The lowest BCUT2D eigenvalue weighted by atomic mass is 10.1. The van der Waals surface area contributed by atoms with Gasteiger partial charge in [-0.3, -0.25) is 5.43 Å². The topological polar surface area (TPSA) is 46.5 Å². The molecule has 0 radical (unpaired) electrons. The van der Waals surface area contributed by atoms with E-state index in [0.29, 0.717) is 12.5 Å². The second-order valence-corrected chi connectivity index (χ2v) is 7.15. The van der Waals surface area contributed by atoms with E-state index in [1.165, 1.54) is 11.3 Å². The van der Waals surface area contributed by atoms with Gasteiger partial charge in [-0.25, -0.2) is 4.98 Å². The predicted octanol–water partition coefficient (Wildman–Crippen LogP) is 5.08. The first-order valence-corrected chi connectivity index (χ1v) is 8.85. The first-order valence-electron chi connectivity index (χ1n) is 7.18. The van der Waals surface area contributed by atoms with Crippen LogP contribution >= 0.6 is 27.3 Å². The van der Waals surface area contributed by atoms with Crippen molar-refractivity contribution in [1.29, 1.82) is 0 Å². The number of benzene rings is 1. The minimum absolute atomic E-state index is 0.627. The van der Waals surface area contributed by atoms with Crippen molar-refractivity contribution in [2.75, 3.05) is 12.0 Å². The van der Waals surface area contributed by atoms with Crippen LogP contribution in [0.1, 0.15) is 31.5 Å². The van der Waals surface area contributed by atoms with E-state index in [4.69, 9.17) is 4.74 Å². The Morgan fingerprint density at radius 1 is 1.45 bits per heavy atom. The zero-order valence-corrected chi connectivity index (χ0v) is 15.4. The van der Waals surface area contributed by atoms with Crippen LogP contribution in [0.4, 0.5) is 5.13 Å². The molecule has 118 valence electrons. The van der Waals surface area contributed by atoms with Crippen LogP contribution in [0.25, 0.3) is 0 Å². The molecule has 0 saturated heterocycles. The molecule has 0 aliphatic heterocycles. The molecule has 1 heterocycles. The fraction of sp³-hybridized carbons (Fsp3) is 0.375. The molecule has 2 aromatic rings. The third-order valence-electron chi connectivity index (χ3n) is 2.91. The molecule has 0 amide bonds. The number of aromatic nitrogens is 1. The summed E-state index contributed by atoms with van der Waals surface area (Å²) in [6.45, 7) is 7.04. The second-order valence-electron chi connectivity index (χ2n) is 5.38. The molecule has 1 aromatic heterocycles. The van der Waals surface area contributed by atoms with Gasteiger partial charge in [0.15, 0.2) is 0 Å². The van der Waals surface area contributed by atoms with Crippen LogP contribution in [-0.2, 0) is 0 Å². The van der Waals surface area contributed by atoms with Gasteiger partial charge in [0.1, 0.15) is 5.75 Å². The van der Waals surface area contributed by atoms with E-state index in [1.807, 2.05) is 30.5 Å². The Morgan fingerprint density at radius 3 is 2.95 bits per heavy atom. The van der Waals surface area contributed by atoms with Gasteiger partial charge in [-0.1, -0.05) is 29.8 Å². The summed E-state index contributed by atoms with van der Waals surface area (Å²) in [5.74, 6) is 1.46. The van der Waals surface area contributed by atoms with Crippen molar-refractivity contribution >= 4 is 38.6 Å². The smallest absolute Gasteiger partial charge is 0.203 e. The summed E-state index contributed by atoms with van der Waals surface area (Å²) in [4.78, 5) is 4.30. The van der Waals surface area contributed by atoms with Crippen LogP contribution in [0.15, 0.2) is 33.2 Å². The maximum Gasteiger partial charge on any atom is 0.203 e. The molecule has 2 rings (SSSR count). The molecule has 6 heteroatoms. The van der Waals surface area contributed by atoms with E-state index in [9.17, 15) is 0 Å². The van der Waals surface area contributed by atoms with Crippen LogP contribution in [0, 0.1) is 12.8 Å². The largest absolute Gasteiger partial charge is 0.493 e. The molecule has 0 aliphatic rings. The molecule has 22 heavy (non-hydrogen) atoms. The molecule has 4 nitrogen and oxygen atoms in total. The third kappa shape index (κ3) is 5.42. The Hall–Kier alpha value is -1.40. The van der Waals surface area contributed by atoms with E-state index in [1.54, 1.807) is 6.21 Å². The number of aryl methyl sites for hydroxylation is 1. The van der Waals surface area contributed by atoms with Crippen LogP contribution < -0.4 is 10.2 Å². The third-order valence-corrected chi connectivity index (χ3v) is 4.27. The molecule has 0 spiro atoms. The lowest BCUT2D eigenvalue weighted by molar-refractivity contribution is 0.289. The van der Waals surface area contributed by atoms with E-state index < -0.39 is 0 Å². The molecule has 0 aliphatic carbocycles. The fourth-order valence-corrected chi connectivity index (χ4v) is 2.73. The summed E-state index contributed by atoms with van der Waals surface area (Å²) >= 11 is 5.01. The molecule has 1 N–H and O–H groups in total. The molecule has 0 fully saturated rings. The van der Waals surface area contributed by atoms with Crippen molar-refractivity contribution < 1.29 is 4.74 Å². The van der Waals surface area contributed by atoms with Gasteiger partial charge in [0.05, 0.1) is 18.5 Å².